The standard InChI is InChI=1S/C28H31N5O3/c1-18(2)25-8-6-9-26(33(25)36)27(34)30-24-15-19-17-32(20-10-12-28(3,35)13-11-20)31-23(19)16-21(24)22-7-4-5-14-29-22/h4-9,14-18,20,35H,10-13H2,1-3H3,(H-,30,34,36)/p+1/t20-,28-. The van der Waals surface area contributed by atoms with Crippen LogP contribution in [0.2, 0.25) is 0 Å². The highest BCUT2D eigenvalue weighted by atomic mass is 16.5. The second-order valence-electron chi connectivity index (χ2n) is 10.3. The van der Waals surface area contributed by atoms with Crippen molar-refractivity contribution in [2.24, 2.45) is 0 Å². The number of carbonyl (C=O) groups excluding carboxylic acids is 1. The van der Waals surface area contributed by atoms with Gasteiger partial charge < -0.3 is 10.4 Å². The van der Waals surface area contributed by atoms with Gasteiger partial charge in [0.15, 0.2) is 0 Å². The third-order valence-corrected chi connectivity index (χ3v) is 7.07. The van der Waals surface area contributed by atoms with Gasteiger partial charge in [-0.3, -0.25) is 19.7 Å². The van der Waals surface area contributed by atoms with Gasteiger partial charge in [-0.2, -0.15) is 5.10 Å². The molecule has 5 rings (SSSR count). The van der Waals surface area contributed by atoms with Crippen molar-refractivity contribution in [2.45, 2.75) is 64.0 Å². The van der Waals surface area contributed by atoms with Crippen LogP contribution in [0.15, 0.2) is 60.9 Å². The zero-order valence-electron chi connectivity index (χ0n) is 20.8. The fourth-order valence-corrected chi connectivity index (χ4v) is 4.92. The van der Waals surface area contributed by atoms with E-state index in [1.165, 1.54) is 0 Å². The summed E-state index contributed by atoms with van der Waals surface area (Å²) in [4.78, 5) is 17.8. The van der Waals surface area contributed by atoms with Gasteiger partial charge in [-0.05, 0) is 62.9 Å². The molecular weight excluding hydrogens is 454 g/mol. The van der Waals surface area contributed by atoms with E-state index in [9.17, 15) is 15.1 Å². The third-order valence-electron chi connectivity index (χ3n) is 7.07. The van der Waals surface area contributed by atoms with Gasteiger partial charge in [0.25, 0.3) is 0 Å². The zero-order valence-corrected chi connectivity index (χ0v) is 20.8. The van der Waals surface area contributed by atoms with Gasteiger partial charge in [0.2, 0.25) is 5.69 Å². The molecule has 3 heterocycles. The summed E-state index contributed by atoms with van der Waals surface area (Å²) in [5.41, 5.74) is 3.05. The Morgan fingerprint density at radius 1 is 1.17 bits per heavy atom. The van der Waals surface area contributed by atoms with Crippen LogP contribution in [0, 0.1) is 0 Å². The lowest BCUT2D eigenvalue weighted by Gasteiger charge is -2.33. The zero-order chi connectivity index (χ0) is 25.4. The number of pyridine rings is 2. The summed E-state index contributed by atoms with van der Waals surface area (Å²) < 4.78 is 2.94. The molecule has 0 aliphatic heterocycles. The van der Waals surface area contributed by atoms with Gasteiger partial charge in [-0.15, -0.1) is 0 Å². The summed E-state index contributed by atoms with van der Waals surface area (Å²) in [6.45, 7) is 5.81. The molecule has 0 bridgehead atoms. The van der Waals surface area contributed by atoms with Gasteiger partial charge >= 0.3 is 11.6 Å². The number of aromatic nitrogens is 4. The maximum Gasteiger partial charge on any atom is 0.325 e. The van der Waals surface area contributed by atoms with E-state index >= 15 is 0 Å². The van der Waals surface area contributed by atoms with E-state index in [1.807, 2.05) is 62.0 Å². The van der Waals surface area contributed by atoms with Crippen LogP contribution in [0.1, 0.15) is 74.6 Å². The molecule has 1 saturated carbocycles. The van der Waals surface area contributed by atoms with Gasteiger partial charge in [-0.25, -0.2) is 0 Å². The minimum atomic E-state index is -0.608. The largest absolute Gasteiger partial charge is 0.390 e. The Morgan fingerprint density at radius 3 is 2.64 bits per heavy atom. The molecule has 8 nitrogen and oxygen atoms in total. The number of benzene rings is 1. The predicted octanol–water partition coefficient (Wildman–Crippen LogP) is 4.86. The van der Waals surface area contributed by atoms with Crippen molar-refractivity contribution in [3.8, 4) is 11.3 Å². The van der Waals surface area contributed by atoms with E-state index in [0.717, 1.165) is 46.9 Å². The highest BCUT2D eigenvalue weighted by Crippen LogP contribution is 2.36. The van der Waals surface area contributed by atoms with Crippen molar-refractivity contribution >= 4 is 22.5 Å². The average Bonchev–Trinajstić information content (AvgIpc) is 3.26. The number of hydrogen-bond acceptors (Lipinski definition) is 5. The first kappa shape index (κ1) is 23.9. The first-order valence-electron chi connectivity index (χ1n) is 12.4. The van der Waals surface area contributed by atoms with Gasteiger partial charge in [0.1, 0.15) is 0 Å². The van der Waals surface area contributed by atoms with Crippen LogP contribution in [-0.2, 0) is 0 Å². The fraction of sp³-hybridized carbons (Fsp3) is 0.357. The molecule has 3 aromatic heterocycles. The van der Waals surface area contributed by atoms with Crippen molar-refractivity contribution in [3.63, 3.8) is 0 Å². The van der Waals surface area contributed by atoms with Crippen molar-refractivity contribution in [1.29, 1.82) is 0 Å². The van der Waals surface area contributed by atoms with Crippen LogP contribution in [0.3, 0.4) is 0 Å². The molecule has 3 N–H and O–H groups in total. The molecular formula is C28H32N5O3+. The minimum Gasteiger partial charge on any atom is -0.390 e. The molecule has 4 aromatic rings. The fourth-order valence-electron chi connectivity index (χ4n) is 4.92. The molecule has 0 atom stereocenters. The third kappa shape index (κ3) is 4.68. The number of nitrogens with one attached hydrogen (secondary N) is 1. The number of hydrogen-bond donors (Lipinski definition) is 3. The lowest BCUT2D eigenvalue weighted by Crippen LogP contribution is -2.43. The molecule has 1 aromatic carbocycles. The molecule has 1 aliphatic carbocycles. The molecule has 36 heavy (non-hydrogen) atoms. The average molecular weight is 487 g/mol. The molecule has 0 spiro atoms. The quantitative estimate of drug-likeness (QED) is 0.276. The van der Waals surface area contributed by atoms with E-state index in [4.69, 9.17) is 5.10 Å². The van der Waals surface area contributed by atoms with Crippen molar-refractivity contribution in [2.75, 3.05) is 5.32 Å². The van der Waals surface area contributed by atoms with Gasteiger partial charge in [0, 0.05) is 46.1 Å². The number of anilines is 1. The van der Waals surface area contributed by atoms with Crippen LogP contribution in [0.25, 0.3) is 22.2 Å². The molecule has 0 radical (unpaired) electrons. The van der Waals surface area contributed by atoms with Crippen molar-refractivity contribution in [1.82, 2.24) is 14.8 Å². The molecule has 8 heteroatoms. The monoisotopic (exact) mass is 486 g/mol. The van der Waals surface area contributed by atoms with Crippen LogP contribution in [0.5, 0.6) is 0 Å². The van der Waals surface area contributed by atoms with Gasteiger partial charge in [0.05, 0.1) is 28.5 Å². The van der Waals surface area contributed by atoms with Crippen LogP contribution in [0.4, 0.5) is 5.69 Å². The first-order valence-corrected chi connectivity index (χ1v) is 12.4. The highest BCUT2D eigenvalue weighted by molar-refractivity contribution is 6.06. The lowest BCUT2D eigenvalue weighted by atomic mass is 9.84. The Balaban J connectivity index is 1.53. The smallest absolute Gasteiger partial charge is 0.325 e. The van der Waals surface area contributed by atoms with Crippen molar-refractivity contribution in [3.05, 3.63) is 72.3 Å². The molecule has 186 valence electrons. The molecule has 1 fully saturated rings. The number of fused-ring (bicyclic) bond motifs is 1. The summed E-state index contributed by atoms with van der Waals surface area (Å²) in [6.07, 6.45) is 6.92. The van der Waals surface area contributed by atoms with E-state index in [2.05, 4.69) is 10.3 Å². The predicted molar refractivity (Wildman–Crippen MR) is 137 cm³/mol. The number of aliphatic hydroxyl groups is 1. The Kier molecular flexibility index (Phi) is 6.22. The van der Waals surface area contributed by atoms with Crippen LogP contribution in [-0.4, -0.2) is 36.6 Å². The number of carbonyl (C=O) groups is 1. The van der Waals surface area contributed by atoms with Crippen molar-refractivity contribution < 1.29 is 19.8 Å². The Hall–Kier alpha value is -3.78. The Labute approximate surface area is 210 Å². The molecule has 0 unspecified atom stereocenters. The maximum absolute atomic E-state index is 13.3. The molecule has 1 amide bonds. The van der Waals surface area contributed by atoms with Crippen LogP contribution >= 0.6 is 0 Å². The SMILES string of the molecule is CC(C)c1cccc(C(=O)Nc2cc3cn([C@H]4CC[C@](C)(O)CC4)nc3cc2-c2ccccn2)[n+]1O. The lowest BCUT2D eigenvalue weighted by molar-refractivity contribution is -0.911. The number of nitrogens with zero attached hydrogens (tertiary/aromatic N) is 4. The molecule has 0 saturated heterocycles. The second-order valence-corrected chi connectivity index (χ2v) is 10.3. The summed E-state index contributed by atoms with van der Waals surface area (Å²) in [5.74, 6) is -0.365. The topological polar surface area (TPSA) is 104 Å². The minimum absolute atomic E-state index is 0.0532. The van der Waals surface area contributed by atoms with Gasteiger partial charge in [-0.1, -0.05) is 19.9 Å². The van der Waals surface area contributed by atoms with E-state index in [1.54, 1.807) is 24.4 Å². The summed E-state index contributed by atoms with van der Waals surface area (Å²) in [5, 5.41) is 29.7. The summed E-state index contributed by atoms with van der Waals surface area (Å²) in [6, 6.07) is 14.9. The van der Waals surface area contributed by atoms with E-state index in [0.29, 0.717) is 17.1 Å². The number of rotatable bonds is 5. The van der Waals surface area contributed by atoms with E-state index in [-0.39, 0.29) is 17.7 Å². The number of amides is 1. The summed E-state index contributed by atoms with van der Waals surface area (Å²) in [7, 11) is 0. The highest BCUT2D eigenvalue weighted by Gasteiger charge is 2.30. The van der Waals surface area contributed by atoms with Crippen LogP contribution < -0.4 is 10.0 Å². The maximum atomic E-state index is 13.3. The molecule has 1 aliphatic rings. The summed E-state index contributed by atoms with van der Waals surface area (Å²) >= 11 is 0. The van der Waals surface area contributed by atoms with E-state index < -0.39 is 11.5 Å². The second kappa shape index (κ2) is 9.35. The normalized spacial score (nSPS) is 20.1. The first-order chi connectivity index (χ1) is 17.2. The Morgan fingerprint density at radius 2 is 1.94 bits per heavy atom. The Bertz CT molecular complexity index is 1400.